The molecule has 0 unspecified atom stereocenters. The Morgan fingerprint density at radius 2 is 1.54 bits per heavy atom. The van der Waals surface area contributed by atoms with Crippen LogP contribution in [0, 0.1) is 6.92 Å². The first-order valence-corrected chi connectivity index (χ1v) is 9.24. The van der Waals surface area contributed by atoms with Crippen LogP contribution in [0.2, 0.25) is 0 Å². The highest BCUT2D eigenvalue weighted by molar-refractivity contribution is 5.70. The van der Waals surface area contributed by atoms with Crippen molar-refractivity contribution in [3.8, 4) is 11.5 Å². The SMILES string of the molecule is CCOC(=O)COCCCCCc1ccc(Oc2ccc(C)cc2)cc1. The summed E-state index contributed by atoms with van der Waals surface area (Å²) in [6.45, 7) is 4.90. The average Bonchev–Trinajstić information content (AvgIpc) is 2.64. The Balaban J connectivity index is 1.60. The first-order chi connectivity index (χ1) is 12.7. The fourth-order valence-electron chi connectivity index (χ4n) is 2.53. The van der Waals surface area contributed by atoms with Crippen molar-refractivity contribution in [1.82, 2.24) is 0 Å². The highest BCUT2D eigenvalue weighted by Crippen LogP contribution is 2.22. The lowest BCUT2D eigenvalue weighted by Gasteiger charge is -2.07. The van der Waals surface area contributed by atoms with E-state index in [2.05, 4.69) is 19.1 Å². The van der Waals surface area contributed by atoms with Crippen molar-refractivity contribution in [3.63, 3.8) is 0 Å². The van der Waals surface area contributed by atoms with Crippen LogP contribution in [0.15, 0.2) is 48.5 Å². The monoisotopic (exact) mass is 356 g/mol. The summed E-state index contributed by atoms with van der Waals surface area (Å²) in [7, 11) is 0. The predicted molar refractivity (Wildman–Crippen MR) is 103 cm³/mol. The van der Waals surface area contributed by atoms with Crippen molar-refractivity contribution in [1.29, 1.82) is 0 Å². The molecule has 0 saturated heterocycles. The van der Waals surface area contributed by atoms with Crippen LogP contribution >= 0.6 is 0 Å². The molecule has 0 heterocycles. The van der Waals surface area contributed by atoms with E-state index in [4.69, 9.17) is 14.2 Å². The van der Waals surface area contributed by atoms with Crippen LogP contribution in [0.25, 0.3) is 0 Å². The van der Waals surface area contributed by atoms with Crippen molar-refractivity contribution >= 4 is 5.97 Å². The van der Waals surface area contributed by atoms with Crippen molar-refractivity contribution in [3.05, 3.63) is 59.7 Å². The maximum atomic E-state index is 11.1. The topological polar surface area (TPSA) is 44.8 Å². The van der Waals surface area contributed by atoms with Crippen LogP contribution in [0.5, 0.6) is 11.5 Å². The van der Waals surface area contributed by atoms with Gasteiger partial charge in [-0.2, -0.15) is 0 Å². The van der Waals surface area contributed by atoms with E-state index in [9.17, 15) is 4.79 Å². The van der Waals surface area contributed by atoms with Crippen molar-refractivity contribution in [2.24, 2.45) is 0 Å². The van der Waals surface area contributed by atoms with Crippen molar-refractivity contribution < 1.29 is 19.0 Å². The minimum Gasteiger partial charge on any atom is -0.464 e. The van der Waals surface area contributed by atoms with E-state index in [1.807, 2.05) is 36.4 Å². The first-order valence-electron chi connectivity index (χ1n) is 9.24. The zero-order valence-corrected chi connectivity index (χ0v) is 15.7. The first kappa shape index (κ1) is 20.0. The van der Waals surface area contributed by atoms with Gasteiger partial charge in [-0.1, -0.05) is 36.2 Å². The smallest absolute Gasteiger partial charge is 0.332 e. The number of ether oxygens (including phenoxy) is 3. The Kier molecular flexibility index (Phi) is 8.70. The number of hydrogen-bond acceptors (Lipinski definition) is 4. The molecule has 2 aromatic carbocycles. The van der Waals surface area contributed by atoms with Gasteiger partial charge in [0.1, 0.15) is 18.1 Å². The third-order valence-corrected chi connectivity index (χ3v) is 3.96. The second-order valence-corrected chi connectivity index (χ2v) is 6.23. The summed E-state index contributed by atoms with van der Waals surface area (Å²) in [5.74, 6) is 1.41. The predicted octanol–water partition coefficient (Wildman–Crippen LogP) is 5.08. The van der Waals surface area contributed by atoms with Crippen LogP contribution in [-0.2, 0) is 20.7 Å². The summed E-state index contributed by atoms with van der Waals surface area (Å²) in [5, 5.41) is 0. The molecule has 4 nitrogen and oxygen atoms in total. The van der Waals surface area contributed by atoms with Gasteiger partial charge in [0.2, 0.25) is 0 Å². The van der Waals surface area contributed by atoms with E-state index in [1.165, 1.54) is 11.1 Å². The average molecular weight is 356 g/mol. The molecule has 0 saturated carbocycles. The van der Waals surface area contributed by atoms with Crippen molar-refractivity contribution in [2.75, 3.05) is 19.8 Å². The highest BCUT2D eigenvalue weighted by Gasteiger charge is 2.01. The fraction of sp³-hybridized carbons (Fsp3) is 0.409. The second-order valence-electron chi connectivity index (χ2n) is 6.23. The van der Waals surface area contributed by atoms with Gasteiger partial charge in [-0.25, -0.2) is 4.79 Å². The molecule has 0 aliphatic heterocycles. The number of esters is 1. The van der Waals surface area contributed by atoms with E-state index in [1.54, 1.807) is 6.92 Å². The zero-order chi connectivity index (χ0) is 18.6. The lowest BCUT2D eigenvalue weighted by atomic mass is 10.1. The van der Waals surface area contributed by atoms with Gasteiger partial charge in [-0.05, 0) is 62.9 Å². The van der Waals surface area contributed by atoms with Gasteiger partial charge in [-0.15, -0.1) is 0 Å². The van der Waals surface area contributed by atoms with Crippen molar-refractivity contribution in [2.45, 2.75) is 39.5 Å². The molecule has 2 rings (SSSR count). The van der Waals surface area contributed by atoms with Gasteiger partial charge >= 0.3 is 5.97 Å². The van der Waals surface area contributed by atoms with E-state index in [0.29, 0.717) is 13.2 Å². The minimum absolute atomic E-state index is 0.0519. The van der Waals surface area contributed by atoms with E-state index in [0.717, 1.165) is 37.2 Å². The Labute approximate surface area is 156 Å². The molecule has 0 atom stereocenters. The zero-order valence-electron chi connectivity index (χ0n) is 15.7. The van der Waals surface area contributed by atoms with Crippen LogP contribution < -0.4 is 4.74 Å². The van der Waals surface area contributed by atoms with Gasteiger partial charge in [0.05, 0.1) is 6.61 Å². The second kappa shape index (κ2) is 11.3. The Morgan fingerprint density at radius 3 is 2.19 bits per heavy atom. The summed E-state index contributed by atoms with van der Waals surface area (Å²) in [5.41, 5.74) is 2.52. The van der Waals surface area contributed by atoms with Crippen LogP contribution in [0.4, 0.5) is 0 Å². The number of rotatable bonds is 11. The van der Waals surface area contributed by atoms with E-state index < -0.39 is 0 Å². The van der Waals surface area contributed by atoms with Crippen LogP contribution in [0.3, 0.4) is 0 Å². The molecule has 140 valence electrons. The molecule has 0 spiro atoms. The largest absolute Gasteiger partial charge is 0.464 e. The Bertz CT molecular complexity index is 647. The Morgan fingerprint density at radius 1 is 0.885 bits per heavy atom. The lowest BCUT2D eigenvalue weighted by Crippen LogP contribution is -2.12. The summed E-state index contributed by atoms with van der Waals surface area (Å²) >= 11 is 0. The van der Waals surface area contributed by atoms with Crippen LogP contribution in [0.1, 0.15) is 37.3 Å². The number of carbonyl (C=O) groups is 1. The number of unbranched alkanes of at least 4 members (excludes halogenated alkanes) is 2. The normalized spacial score (nSPS) is 10.5. The molecular weight excluding hydrogens is 328 g/mol. The molecule has 0 bridgehead atoms. The van der Waals surface area contributed by atoms with Gasteiger partial charge in [0.15, 0.2) is 0 Å². The molecule has 0 aliphatic rings. The molecule has 0 aliphatic carbocycles. The molecule has 26 heavy (non-hydrogen) atoms. The van der Waals surface area contributed by atoms with E-state index >= 15 is 0 Å². The standard InChI is InChI=1S/C22H28O4/c1-3-25-22(23)17-24-16-6-4-5-7-19-10-14-21(15-11-19)26-20-12-8-18(2)9-13-20/h8-15H,3-7,16-17H2,1-2H3. The van der Waals surface area contributed by atoms with Gasteiger partial charge in [0, 0.05) is 6.61 Å². The molecule has 2 aromatic rings. The minimum atomic E-state index is -0.291. The number of aryl methyl sites for hydroxylation is 2. The summed E-state index contributed by atoms with van der Waals surface area (Å²) < 4.78 is 15.9. The summed E-state index contributed by atoms with van der Waals surface area (Å²) in [4.78, 5) is 11.1. The van der Waals surface area contributed by atoms with Gasteiger partial charge in [-0.3, -0.25) is 0 Å². The van der Waals surface area contributed by atoms with Gasteiger partial charge in [0.25, 0.3) is 0 Å². The molecule has 0 radical (unpaired) electrons. The molecule has 4 heteroatoms. The maximum absolute atomic E-state index is 11.1. The highest BCUT2D eigenvalue weighted by atomic mass is 16.6. The molecule has 0 fully saturated rings. The molecule has 0 amide bonds. The maximum Gasteiger partial charge on any atom is 0.332 e. The lowest BCUT2D eigenvalue weighted by molar-refractivity contribution is -0.148. The number of benzene rings is 2. The molecule has 0 aromatic heterocycles. The Hall–Kier alpha value is -2.33. The molecular formula is C22H28O4. The molecule has 0 N–H and O–H groups in total. The number of hydrogen-bond donors (Lipinski definition) is 0. The third-order valence-electron chi connectivity index (χ3n) is 3.96. The van der Waals surface area contributed by atoms with Crippen LogP contribution in [-0.4, -0.2) is 25.8 Å². The van der Waals surface area contributed by atoms with Gasteiger partial charge < -0.3 is 14.2 Å². The number of carbonyl (C=O) groups excluding carboxylic acids is 1. The van der Waals surface area contributed by atoms with E-state index in [-0.39, 0.29) is 12.6 Å². The summed E-state index contributed by atoms with van der Waals surface area (Å²) in [6, 6.07) is 16.3. The fourth-order valence-corrected chi connectivity index (χ4v) is 2.53. The quantitative estimate of drug-likeness (QED) is 0.416. The third kappa shape index (κ3) is 7.70. The summed E-state index contributed by atoms with van der Waals surface area (Å²) in [6.07, 6.45) is 4.15.